The minimum absolute atomic E-state index is 0.0422. The quantitative estimate of drug-likeness (QED) is 0.604. The summed E-state index contributed by atoms with van der Waals surface area (Å²) in [6.07, 6.45) is 0.234. The van der Waals surface area contributed by atoms with Gasteiger partial charge in [0.25, 0.3) is 5.91 Å². The number of methoxy groups -OCH3 is 1. The molecule has 8 nitrogen and oxygen atoms in total. The maximum atomic E-state index is 13.8. The van der Waals surface area contributed by atoms with Crippen LogP contribution in [0.2, 0.25) is 0 Å². The maximum Gasteiger partial charge on any atom is 0.251 e. The topological polar surface area (TPSA) is 97.6 Å². The highest BCUT2D eigenvalue weighted by molar-refractivity contribution is 5.94. The number of aromatic nitrogens is 2. The van der Waals surface area contributed by atoms with Crippen molar-refractivity contribution in [1.82, 2.24) is 20.4 Å². The maximum absolute atomic E-state index is 13.8. The first-order valence-corrected chi connectivity index (χ1v) is 9.89. The van der Waals surface area contributed by atoms with Crippen LogP contribution in [0.3, 0.4) is 0 Å². The molecule has 1 saturated heterocycles. The van der Waals surface area contributed by atoms with Gasteiger partial charge >= 0.3 is 0 Å². The Morgan fingerprint density at radius 1 is 1.25 bits per heavy atom. The number of rotatable bonds is 7. The fourth-order valence-electron chi connectivity index (χ4n) is 3.48. The van der Waals surface area contributed by atoms with Crippen molar-refractivity contribution in [2.24, 2.45) is 0 Å². The SMILES string of the molecule is COc1ccc(C(=O)NCc2nc([C@H]3CC(=O)N(Cc4ccc(F)cc4)C3)no2)cc1F. The van der Waals surface area contributed by atoms with Crippen LogP contribution in [-0.4, -0.2) is 40.5 Å². The molecule has 0 unspecified atom stereocenters. The van der Waals surface area contributed by atoms with E-state index in [4.69, 9.17) is 9.26 Å². The Bertz CT molecular complexity index is 1130. The molecule has 1 atom stereocenters. The van der Waals surface area contributed by atoms with Crippen molar-refractivity contribution >= 4 is 11.8 Å². The number of benzene rings is 2. The summed E-state index contributed by atoms with van der Waals surface area (Å²) in [5.74, 6) is -1.19. The molecule has 4 rings (SSSR count). The fourth-order valence-corrected chi connectivity index (χ4v) is 3.48. The molecule has 2 heterocycles. The molecule has 3 aromatic rings. The lowest BCUT2D eigenvalue weighted by atomic mass is 10.1. The van der Waals surface area contributed by atoms with Crippen molar-refractivity contribution in [2.75, 3.05) is 13.7 Å². The lowest BCUT2D eigenvalue weighted by Gasteiger charge is -2.16. The summed E-state index contributed by atoms with van der Waals surface area (Å²) in [7, 11) is 1.34. The number of nitrogens with one attached hydrogen (secondary N) is 1. The average molecular weight is 442 g/mol. The zero-order valence-corrected chi connectivity index (χ0v) is 17.2. The molecule has 0 bridgehead atoms. The third-order valence-corrected chi connectivity index (χ3v) is 5.16. The highest BCUT2D eigenvalue weighted by atomic mass is 19.1. The second kappa shape index (κ2) is 9.13. The number of hydrogen-bond acceptors (Lipinski definition) is 6. The van der Waals surface area contributed by atoms with Crippen LogP contribution in [-0.2, 0) is 17.9 Å². The Morgan fingerprint density at radius 3 is 2.75 bits per heavy atom. The summed E-state index contributed by atoms with van der Waals surface area (Å²) in [4.78, 5) is 30.5. The molecule has 0 radical (unpaired) electrons. The third kappa shape index (κ3) is 4.74. The molecule has 1 aliphatic rings. The lowest BCUT2D eigenvalue weighted by molar-refractivity contribution is -0.128. The average Bonchev–Trinajstić information content (AvgIpc) is 3.40. The lowest BCUT2D eigenvalue weighted by Crippen LogP contribution is -2.24. The van der Waals surface area contributed by atoms with E-state index in [0.29, 0.717) is 18.9 Å². The Kier molecular flexibility index (Phi) is 6.11. The van der Waals surface area contributed by atoms with Crippen LogP contribution >= 0.6 is 0 Å². The largest absolute Gasteiger partial charge is 0.494 e. The monoisotopic (exact) mass is 442 g/mol. The normalized spacial score (nSPS) is 15.8. The minimum atomic E-state index is -0.642. The fraction of sp³-hybridized carbons (Fsp3) is 0.273. The predicted octanol–water partition coefficient (Wildman–Crippen LogP) is 2.80. The summed E-state index contributed by atoms with van der Waals surface area (Å²) >= 11 is 0. The molecule has 0 saturated carbocycles. The van der Waals surface area contributed by atoms with Crippen LogP contribution in [0.1, 0.15) is 40.0 Å². The van der Waals surface area contributed by atoms with E-state index >= 15 is 0 Å². The molecular formula is C22H20F2N4O4. The summed E-state index contributed by atoms with van der Waals surface area (Å²) < 4.78 is 36.9. The number of carbonyl (C=O) groups excluding carboxylic acids is 2. The van der Waals surface area contributed by atoms with Crippen LogP contribution in [0, 0.1) is 11.6 Å². The van der Waals surface area contributed by atoms with E-state index in [1.54, 1.807) is 17.0 Å². The summed E-state index contributed by atoms with van der Waals surface area (Å²) in [6.45, 7) is 0.737. The number of hydrogen-bond donors (Lipinski definition) is 1. The Morgan fingerprint density at radius 2 is 2.03 bits per heavy atom. The van der Waals surface area contributed by atoms with Gasteiger partial charge in [0.05, 0.1) is 13.7 Å². The smallest absolute Gasteiger partial charge is 0.251 e. The predicted molar refractivity (Wildman–Crippen MR) is 108 cm³/mol. The van der Waals surface area contributed by atoms with Crippen LogP contribution in [0.4, 0.5) is 8.78 Å². The van der Waals surface area contributed by atoms with Crippen molar-refractivity contribution in [3.05, 3.63) is 76.9 Å². The first-order chi connectivity index (χ1) is 15.4. The van der Waals surface area contributed by atoms with Crippen molar-refractivity contribution in [2.45, 2.75) is 25.4 Å². The highest BCUT2D eigenvalue weighted by Gasteiger charge is 2.33. The van der Waals surface area contributed by atoms with Gasteiger partial charge in [-0.15, -0.1) is 0 Å². The number of amides is 2. The number of likely N-dealkylation sites (tertiary alicyclic amines) is 1. The molecule has 166 valence electrons. The van der Waals surface area contributed by atoms with Crippen LogP contribution in [0.25, 0.3) is 0 Å². The van der Waals surface area contributed by atoms with Crippen molar-refractivity contribution < 1.29 is 27.6 Å². The number of ether oxygens (including phenoxy) is 1. The number of nitrogens with zero attached hydrogens (tertiary/aromatic N) is 3. The van der Waals surface area contributed by atoms with Gasteiger partial charge < -0.3 is 19.5 Å². The van der Waals surface area contributed by atoms with Crippen molar-refractivity contribution in [3.8, 4) is 5.75 Å². The summed E-state index contributed by atoms with van der Waals surface area (Å²) in [6, 6.07) is 9.87. The zero-order chi connectivity index (χ0) is 22.7. The first-order valence-electron chi connectivity index (χ1n) is 9.89. The molecule has 2 amide bonds. The van der Waals surface area contributed by atoms with Crippen molar-refractivity contribution in [3.63, 3.8) is 0 Å². The number of carbonyl (C=O) groups is 2. The van der Waals surface area contributed by atoms with E-state index in [9.17, 15) is 18.4 Å². The van der Waals surface area contributed by atoms with E-state index in [-0.39, 0.29) is 47.8 Å². The highest BCUT2D eigenvalue weighted by Crippen LogP contribution is 2.27. The molecule has 32 heavy (non-hydrogen) atoms. The first kappa shape index (κ1) is 21.4. The van der Waals surface area contributed by atoms with Gasteiger partial charge in [0, 0.05) is 31.0 Å². The van der Waals surface area contributed by atoms with E-state index in [2.05, 4.69) is 15.5 Å². The molecule has 1 aliphatic heterocycles. The van der Waals surface area contributed by atoms with E-state index in [1.807, 2.05) is 0 Å². The van der Waals surface area contributed by atoms with Crippen LogP contribution < -0.4 is 10.1 Å². The van der Waals surface area contributed by atoms with Gasteiger partial charge in [-0.05, 0) is 35.9 Å². The van der Waals surface area contributed by atoms with Crippen LogP contribution in [0.5, 0.6) is 5.75 Å². The van der Waals surface area contributed by atoms with Gasteiger partial charge in [-0.1, -0.05) is 17.3 Å². The van der Waals surface area contributed by atoms with E-state index in [1.165, 1.54) is 31.4 Å². The summed E-state index contributed by atoms with van der Waals surface area (Å²) in [5.41, 5.74) is 0.952. The molecule has 0 aliphatic carbocycles. The van der Waals surface area contributed by atoms with Gasteiger partial charge in [-0.3, -0.25) is 9.59 Å². The zero-order valence-electron chi connectivity index (χ0n) is 17.2. The Balaban J connectivity index is 1.33. The van der Waals surface area contributed by atoms with Gasteiger partial charge in [0.15, 0.2) is 17.4 Å². The molecular weight excluding hydrogens is 422 g/mol. The molecule has 10 heteroatoms. The second-order valence-electron chi connectivity index (χ2n) is 7.38. The molecule has 2 aromatic carbocycles. The van der Waals surface area contributed by atoms with Gasteiger partial charge in [0.2, 0.25) is 11.8 Å². The number of halogens is 2. The van der Waals surface area contributed by atoms with E-state index in [0.717, 1.165) is 11.6 Å². The van der Waals surface area contributed by atoms with Crippen molar-refractivity contribution in [1.29, 1.82) is 0 Å². The van der Waals surface area contributed by atoms with Gasteiger partial charge in [-0.2, -0.15) is 4.98 Å². The Hall–Kier alpha value is -3.82. The second-order valence-corrected chi connectivity index (χ2v) is 7.38. The molecule has 1 fully saturated rings. The molecule has 0 spiro atoms. The Labute approximate surface area is 182 Å². The molecule has 1 N–H and O–H groups in total. The third-order valence-electron chi connectivity index (χ3n) is 5.16. The summed E-state index contributed by atoms with van der Waals surface area (Å²) in [5, 5.41) is 6.52. The minimum Gasteiger partial charge on any atom is -0.494 e. The van der Waals surface area contributed by atoms with Gasteiger partial charge in [0.1, 0.15) is 5.82 Å². The van der Waals surface area contributed by atoms with Crippen LogP contribution in [0.15, 0.2) is 47.0 Å². The van der Waals surface area contributed by atoms with Gasteiger partial charge in [-0.25, -0.2) is 8.78 Å². The van der Waals surface area contributed by atoms with E-state index < -0.39 is 11.7 Å². The standard InChI is InChI=1S/C22H20F2N4O4/c1-31-18-7-4-14(8-17(18)24)22(30)25-10-19-26-21(27-32-19)15-9-20(29)28(12-15)11-13-2-5-16(23)6-3-13/h2-8,15H,9-12H2,1H3,(H,25,30)/t15-/m0/s1. The molecule has 1 aromatic heterocycles.